The maximum Gasteiger partial charge on any atom is 0.183 e. The first-order valence-corrected chi connectivity index (χ1v) is 12.2. The van der Waals surface area contributed by atoms with Crippen LogP contribution in [0.3, 0.4) is 0 Å². The van der Waals surface area contributed by atoms with Gasteiger partial charge < -0.3 is 0 Å². The van der Waals surface area contributed by atoms with Gasteiger partial charge in [-0.25, -0.2) is 0 Å². The lowest BCUT2D eigenvalue weighted by Crippen LogP contribution is -2.50. The van der Waals surface area contributed by atoms with Gasteiger partial charge in [0.1, 0.15) is 0 Å². The summed E-state index contributed by atoms with van der Waals surface area (Å²) in [5.74, 6) is 1.80. The zero-order valence-electron chi connectivity index (χ0n) is 16.5. The van der Waals surface area contributed by atoms with Crippen LogP contribution in [0.2, 0.25) is 11.6 Å². The Labute approximate surface area is 171 Å². The van der Waals surface area contributed by atoms with Gasteiger partial charge in [-0.15, -0.1) is 0 Å². The molecule has 0 aromatic heterocycles. The average molecular weight is 382 g/mol. The van der Waals surface area contributed by atoms with Gasteiger partial charge in [0.05, 0.1) is 0 Å². The first kappa shape index (κ1) is 18.2. The molecule has 0 unspecified atom stereocenters. The van der Waals surface area contributed by atoms with E-state index in [1.807, 2.05) is 0 Å². The van der Waals surface area contributed by atoms with Crippen LogP contribution in [-0.4, -0.2) is 6.71 Å². The van der Waals surface area contributed by atoms with E-state index in [0.717, 1.165) is 18.3 Å². The highest BCUT2D eigenvalue weighted by molar-refractivity contribution is 7.80. The normalized spacial score (nSPS) is 21.7. The fraction of sp³-hybridized carbons (Fsp3) is 0.308. The summed E-state index contributed by atoms with van der Waals surface area (Å²) in [5, 5.41) is 4.54. The van der Waals surface area contributed by atoms with Gasteiger partial charge in [0, 0.05) is 0 Å². The smallest absolute Gasteiger partial charge is 0.0713 e. The van der Waals surface area contributed by atoms with E-state index in [2.05, 4.69) is 84.9 Å². The molecule has 0 saturated carbocycles. The Hall–Kier alpha value is -1.85. The molecule has 2 fully saturated rings. The molecule has 0 radical (unpaired) electrons. The molecule has 0 amide bonds. The monoisotopic (exact) mass is 382 g/mol. The van der Waals surface area contributed by atoms with Crippen LogP contribution in [0.5, 0.6) is 0 Å². The van der Waals surface area contributed by atoms with E-state index in [9.17, 15) is 0 Å². The van der Waals surface area contributed by atoms with Crippen molar-refractivity contribution in [2.24, 2.45) is 0 Å². The van der Waals surface area contributed by atoms with Gasteiger partial charge in [-0.3, -0.25) is 0 Å². The van der Waals surface area contributed by atoms with Crippen LogP contribution in [-0.2, 0) is 0 Å². The van der Waals surface area contributed by atoms with Gasteiger partial charge in [-0.05, 0) is 23.8 Å². The molecule has 2 aliphatic heterocycles. The molecule has 0 nitrogen and oxygen atoms in total. The summed E-state index contributed by atoms with van der Waals surface area (Å²) < 4.78 is 0. The molecule has 5 rings (SSSR count). The lowest BCUT2D eigenvalue weighted by molar-refractivity contribution is 0.448. The molecule has 2 aliphatic rings. The van der Waals surface area contributed by atoms with Crippen molar-refractivity contribution >= 4 is 36.0 Å². The van der Waals surface area contributed by atoms with E-state index in [4.69, 9.17) is 0 Å². The molecule has 2 bridgehead atoms. The number of hydrogen-bond acceptors (Lipinski definition) is 0. The van der Waals surface area contributed by atoms with Crippen LogP contribution < -0.4 is 21.4 Å². The average Bonchev–Trinajstić information content (AvgIpc) is 2.75. The van der Waals surface area contributed by atoms with Crippen molar-refractivity contribution in [1.82, 2.24) is 0 Å². The first-order valence-electron chi connectivity index (χ1n) is 10.9. The number of benzene rings is 3. The Bertz CT molecular complexity index is 846. The molecular formula is C26H28BP. The van der Waals surface area contributed by atoms with E-state index >= 15 is 0 Å². The maximum atomic E-state index is 2.47. The summed E-state index contributed by atoms with van der Waals surface area (Å²) in [4.78, 5) is 0. The molecule has 0 atom stereocenters. The van der Waals surface area contributed by atoms with Crippen LogP contribution in [0.25, 0.3) is 0 Å². The van der Waals surface area contributed by atoms with Gasteiger partial charge in [-0.1, -0.05) is 141 Å². The van der Waals surface area contributed by atoms with Gasteiger partial charge >= 0.3 is 0 Å². The molecule has 2 heteroatoms. The second-order valence-corrected chi connectivity index (χ2v) is 10.7. The summed E-state index contributed by atoms with van der Waals surface area (Å²) in [6.07, 6.45) is 8.63. The van der Waals surface area contributed by atoms with Gasteiger partial charge in [-0.2, -0.15) is 0 Å². The lowest BCUT2D eigenvalue weighted by Gasteiger charge is -2.42. The molecule has 140 valence electrons. The minimum Gasteiger partial charge on any atom is -0.0713 e. The topological polar surface area (TPSA) is 0 Å². The van der Waals surface area contributed by atoms with Crippen LogP contribution in [0.1, 0.15) is 38.5 Å². The Morgan fingerprint density at radius 3 is 1.57 bits per heavy atom. The molecule has 3 aromatic rings. The molecule has 0 aliphatic carbocycles. The van der Waals surface area contributed by atoms with Crippen molar-refractivity contribution in [2.75, 3.05) is 0 Å². The standard InChI is InChI=1S/C26H28BP/c1-3-15-23(16-4-1)28(24-17-5-2-6-18-24)26-20-8-7-19-25(26)27-21-11-9-12-22(27)14-10-13-21/h1-8,15-22H,9-14H2. The van der Waals surface area contributed by atoms with Crippen molar-refractivity contribution in [1.29, 1.82) is 0 Å². The van der Waals surface area contributed by atoms with Crippen molar-refractivity contribution in [3.8, 4) is 0 Å². The van der Waals surface area contributed by atoms with Crippen molar-refractivity contribution < 1.29 is 0 Å². The van der Waals surface area contributed by atoms with Crippen molar-refractivity contribution in [2.45, 2.75) is 50.2 Å². The fourth-order valence-electron chi connectivity index (χ4n) is 5.74. The molecule has 3 aromatic carbocycles. The lowest BCUT2D eigenvalue weighted by atomic mass is 9.25. The largest absolute Gasteiger partial charge is 0.183 e. The Kier molecular flexibility index (Phi) is 5.37. The summed E-state index contributed by atoms with van der Waals surface area (Å²) in [7, 11) is -0.511. The Balaban J connectivity index is 1.65. The second-order valence-electron chi connectivity index (χ2n) is 8.47. The van der Waals surface area contributed by atoms with Gasteiger partial charge in [0.2, 0.25) is 0 Å². The predicted molar refractivity (Wildman–Crippen MR) is 126 cm³/mol. The molecule has 2 heterocycles. The van der Waals surface area contributed by atoms with Crippen molar-refractivity contribution in [3.05, 3.63) is 84.9 Å². The van der Waals surface area contributed by atoms with E-state index in [0.29, 0.717) is 0 Å². The van der Waals surface area contributed by atoms with Crippen LogP contribution in [0.15, 0.2) is 84.9 Å². The van der Waals surface area contributed by atoms with Crippen LogP contribution >= 0.6 is 7.92 Å². The summed E-state index contributed by atoms with van der Waals surface area (Å²) >= 11 is 0. The minimum atomic E-state index is -0.511. The Morgan fingerprint density at radius 1 is 0.571 bits per heavy atom. The zero-order chi connectivity index (χ0) is 18.8. The Morgan fingerprint density at radius 2 is 1.04 bits per heavy atom. The quantitative estimate of drug-likeness (QED) is 0.427. The zero-order valence-corrected chi connectivity index (χ0v) is 17.4. The highest BCUT2D eigenvalue weighted by Crippen LogP contribution is 2.46. The first-order chi connectivity index (χ1) is 13.9. The number of rotatable bonds is 4. The fourth-order valence-corrected chi connectivity index (χ4v) is 8.25. The van der Waals surface area contributed by atoms with E-state index in [1.165, 1.54) is 49.1 Å². The SMILES string of the molecule is c1ccc(P(c2ccccc2)c2ccccc2B2C3CCCC2CCC3)cc1. The minimum absolute atomic E-state index is 0.511. The maximum absolute atomic E-state index is 2.47. The molecule has 2 saturated heterocycles. The third-order valence-corrected chi connectivity index (χ3v) is 9.40. The van der Waals surface area contributed by atoms with E-state index < -0.39 is 7.92 Å². The highest BCUT2D eigenvalue weighted by Gasteiger charge is 2.41. The summed E-state index contributed by atoms with van der Waals surface area (Å²) in [6.45, 7) is 0.774. The molecule has 0 N–H and O–H groups in total. The second kappa shape index (κ2) is 8.26. The van der Waals surface area contributed by atoms with Gasteiger partial charge in [0.15, 0.2) is 6.71 Å². The van der Waals surface area contributed by atoms with Crippen LogP contribution in [0, 0.1) is 0 Å². The molecule has 0 spiro atoms. The van der Waals surface area contributed by atoms with Crippen LogP contribution in [0.4, 0.5) is 0 Å². The third-order valence-electron chi connectivity index (χ3n) is 6.88. The van der Waals surface area contributed by atoms with E-state index in [-0.39, 0.29) is 0 Å². The van der Waals surface area contributed by atoms with Gasteiger partial charge in [0.25, 0.3) is 0 Å². The van der Waals surface area contributed by atoms with Crippen molar-refractivity contribution in [3.63, 3.8) is 0 Å². The predicted octanol–water partition coefficient (Wildman–Crippen LogP) is 5.25. The summed E-state index contributed by atoms with van der Waals surface area (Å²) in [5.41, 5.74) is 1.66. The number of fused-ring (bicyclic) bond motifs is 2. The third kappa shape index (κ3) is 3.46. The summed E-state index contributed by atoms with van der Waals surface area (Å²) in [6, 6.07) is 31.9. The number of hydrogen-bond donors (Lipinski definition) is 0. The molecular weight excluding hydrogens is 354 g/mol. The van der Waals surface area contributed by atoms with E-state index in [1.54, 1.807) is 10.8 Å². The highest BCUT2D eigenvalue weighted by atomic mass is 31.1. The molecule has 28 heavy (non-hydrogen) atoms.